The molecule has 0 bridgehead atoms. The van der Waals surface area contributed by atoms with Crippen molar-refractivity contribution < 1.29 is 23.5 Å². The highest BCUT2D eigenvalue weighted by Gasteiger charge is 2.40. The summed E-state index contributed by atoms with van der Waals surface area (Å²) in [6.07, 6.45) is 10.8. The number of aromatic nitrogens is 4. The maximum atomic E-state index is 14.9. The van der Waals surface area contributed by atoms with E-state index in [9.17, 15) is 18.8 Å². The topological polar surface area (TPSA) is 143 Å². The summed E-state index contributed by atoms with van der Waals surface area (Å²) in [5.41, 5.74) is 4.77. The van der Waals surface area contributed by atoms with Crippen LogP contribution in [0.25, 0.3) is 11.3 Å². The summed E-state index contributed by atoms with van der Waals surface area (Å²) in [5.74, 6) is 0.554. The Labute approximate surface area is 299 Å². The second kappa shape index (κ2) is 14.1. The van der Waals surface area contributed by atoms with Gasteiger partial charge in [0.1, 0.15) is 24.1 Å². The Morgan fingerprint density at radius 3 is 2.55 bits per heavy atom. The van der Waals surface area contributed by atoms with Gasteiger partial charge in [0.25, 0.3) is 5.91 Å². The number of anilines is 1. The molecule has 1 aromatic carbocycles. The van der Waals surface area contributed by atoms with Crippen molar-refractivity contribution in [3.63, 3.8) is 0 Å². The Morgan fingerprint density at radius 1 is 1.00 bits per heavy atom. The van der Waals surface area contributed by atoms with Crippen LogP contribution in [0.3, 0.4) is 0 Å². The van der Waals surface area contributed by atoms with E-state index in [1.807, 2.05) is 29.2 Å². The maximum absolute atomic E-state index is 14.9. The third-order valence-corrected chi connectivity index (χ3v) is 11.6. The maximum Gasteiger partial charge on any atom is 0.256 e. The van der Waals surface area contributed by atoms with Crippen LogP contribution in [0, 0.1) is 11.7 Å². The van der Waals surface area contributed by atoms with Gasteiger partial charge in [0, 0.05) is 65.7 Å². The van der Waals surface area contributed by atoms with Crippen LogP contribution in [-0.4, -0.2) is 60.5 Å². The summed E-state index contributed by atoms with van der Waals surface area (Å²) >= 11 is 1.49. The third kappa shape index (κ3) is 7.24. The molecule has 2 saturated carbocycles. The predicted molar refractivity (Wildman–Crippen MR) is 188 cm³/mol. The van der Waals surface area contributed by atoms with E-state index in [2.05, 4.69) is 43.1 Å². The Bertz CT molecular complexity index is 1950. The van der Waals surface area contributed by atoms with Crippen LogP contribution in [0.4, 0.5) is 10.3 Å². The highest BCUT2D eigenvalue weighted by atomic mass is 32.1. The highest BCUT2D eigenvalue weighted by molar-refractivity contribution is 7.10. The lowest BCUT2D eigenvalue weighted by Gasteiger charge is -2.30. The molecule has 2 aliphatic heterocycles. The summed E-state index contributed by atoms with van der Waals surface area (Å²) in [5, 5.41) is 15.7. The number of hydrogen-bond donors (Lipinski definition) is 3. The predicted octanol–water partition coefficient (Wildman–Crippen LogP) is 4.88. The molecule has 0 spiro atoms. The number of amides is 3. The number of benzene rings is 1. The van der Waals surface area contributed by atoms with E-state index in [4.69, 9.17) is 4.74 Å². The molecule has 1 atom stereocenters. The van der Waals surface area contributed by atoms with Gasteiger partial charge >= 0.3 is 0 Å². The Balaban J connectivity index is 0.790. The standard InChI is InChI=1S/C37H41FN8O4S/c1-45-31(14-21-2-3-21)26(16-41-45)34-29(38)17-40-37(44-34)42-24-8-6-23(7-9-24)39-15-22-4-10-25(11-5-22)50-19-32-27-18-46(36(49)28(27)20-51-32)30-12-13-33(47)43-35(30)48/h4-5,10-11,16-17,20-21,23-24,30,39H,2-3,6-9,12-15,18-19H2,1H3,(H,40,42,44)(H,43,47,48)/t23-,24-,30-/m0/s1. The molecular weight excluding hydrogens is 672 g/mol. The minimum Gasteiger partial charge on any atom is -0.488 e. The fraction of sp³-hybridized carbons (Fsp3) is 0.459. The number of imide groups is 1. The van der Waals surface area contributed by atoms with E-state index in [0.717, 1.165) is 71.7 Å². The normalized spacial score (nSPS) is 21.9. The van der Waals surface area contributed by atoms with Crippen molar-refractivity contribution in [2.45, 2.75) is 95.6 Å². The number of ether oxygens (including phenoxy) is 1. The van der Waals surface area contributed by atoms with Gasteiger partial charge in [-0.25, -0.2) is 14.4 Å². The van der Waals surface area contributed by atoms with Crippen molar-refractivity contribution in [3.05, 3.63) is 75.1 Å². The molecule has 0 unspecified atom stereocenters. The van der Waals surface area contributed by atoms with E-state index >= 15 is 0 Å². The number of thiophene rings is 1. The summed E-state index contributed by atoms with van der Waals surface area (Å²) in [7, 11) is 1.90. The van der Waals surface area contributed by atoms with Gasteiger partial charge in [-0.2, -0.15) is 5.10 Å². The minimum atomic E-state index is -0.623. The molecule has 5 heterocycles. The van der Waals surface area contributed by atoms with E-state index in [-0.39, 0.29) is 24.3 Å². The quantitative estimate of drug-likeness (QED) is 0.175. The lowest BCUT2D eigenvalue weighted by atomic mass is 9.91. The number of nitrogens with one attached hydrogen (secondary N) is 3. The van der Waals surface area contributed by atoms with Gasteiger partial charge in [0.15, 0.2) is 5.82 Å². The largest absolute Gasteiger partial charge is 0.488 e. The summed E-state index contributed by atoms with van der Waals surface area (Å²) < 4.78 is 22.8. The van der Waals surface area contributed by atoms with Crippen LogP contribution in [0.5, 0.6) is 5.75 Å². The van der Waals surface area contributed by atoms with Crippen molar-refractivity contribution in [1.29, 1.82) is 0 Å². The molecule has 3 aromatic heterocycles. The van der Waals surface area contributed by atoms with Gasteiger partial charge in [0.2, 0.25) is 17.8 Å². The van der Waals surface area contributed by atoms with E-state index in [1.165, 1.54) is 30.4 Å². The Kier molecular flexibility index (Phi) is 9.28. The zero-order valence-corrected chi connectivity index (χ0v) is 29.3. The molecule has 8 rings (SSSR count). The molecule has 3 N–H and O–H groups in total. The Hall–Kier alpha value is -4.69. The molecule has 3 fully saturated rings. The zero-order valence-electron chi connectivity index (χ0n) is 28.5. The number of carbonyl (C=O) groups excluding carboxylic acids is 3. The molecule has 0 radical (unpaired) electrons. The average Bonchev–Trinajstić information content (AvgIpc) is 3.63. The van der Waals surface area contributed by atoms with Crippen molar-refractivity contribution in [3.8, 4) is 17.0 Å². The van der Waals surface area contributed by atoms with Crippen LogP contribution in [-0.2, 0) is 42.8 Å². The lowest BCUT2D eigenvalue weighted by Crippen LogP contribution is -2.52. The highest BCUT2D eigenvalue weighted by Crippen LogP contribution is 2.37. The van der Waals surface area contributed by atoms with Gasteiger partial charge in [0.05, 0.1) is 18.0 Å². The molecule has 1 saturated heterocycles. The van der Waals surface area contributed by atoms with Gasteiger partial charge in [-0.1, -0.05) is 12.1 Å². The first-order valence-electron chi connectivity index (χ1n) is 17.8. The van der Waals surface area contributed by atoms with Gasteiger partial charge in [-0.15, -0.1) is 11.3 Å². The number of rotatable bonds is 12. The van der Waals surface area contributed by atoms with Crippen molar-refractivity contribution in [1.82, 2.24) is 35.3 Å². The summed E-state index contributed by atoms with van der Waals surface area (Å²) in [4.78, 5) is 48.3. The van der Waals surface area contributed by atoms with E-state index in [1.54, 1.807) is 11.1 Å². The minimum absolute atomic E-state index is 0.168. The van der Waals surface area contributed by atoms with Gasteiger partial charge < -0.3 is 20.3 Å². The molecule has 2 aliphatic carbocycles. The molecule has 4 aliphatic rings. The van der Waals surface area contributed by atoms with Crippen molar-refractivity contribution in [2.75, 3.05) is 5.32 Å². The molecule has 14 heteroatoms. The van der Waals surface area contributed by atoms with Crippen LogP contribution in [0.15, 0.2) is 42.0 Å². The molecule has 3 amide bonds. The molecule has 12 nitrogen and oxygen atoms in total. The van der Waals surface area contributed by atoms with Crippen LogP contribution in [0.2, 0.25) is 0 Å². The number of carbonyl (C=O) groups is 3. The van der Waals surface area contributed by atoms with E-state index in [0.29, 0.717) is 48.7 Å². The lowest BCUT2D eigenvalue weighted by molar-refractivity contribution is -0.136. The van der Waals surface area contributed by atoms with Gasteiger partial charge in [-0.05, 0) is 75.0 Å². The number of halogens is 1. The zero-order chi connectivity index (χ0) is 35.1. The first-order chi connectivity index (χ1) is 24.8. The fourth-order valence-corrected chi connectivity index (χ4v) is 8.33. The third-order valence-electron chi connectivity index (χ3n) is 10.6. The number of aryl methyl sites for hydroxylation is 1. The first-order valence-corrected chi connectivity index (χ1v) is 18.7. The smallest absolute Gasteiger partial charge is 0.256 e. The Morgan fingerprint density at radius 2 is 1.78 bits per heavy atom. The molecule has 266 valence electrons. The van der Waals surface area contributed by atoms with Crippen LogP contribution < -0.4 is 20.7 Å². The van der Waals surface area contributed by atoms with Crippen LogP contribution in [0.1, 0.15) is 83.4 Å². The van der Waals surface area contributed by atoms with Gasteiger partial charge in [-0.3, -0.25) is 24.4 Å². The number of piperidine rings is 1. The number of hydrogen-bond acceptors (Lipinski definition) is 10. The SMILES string of the molecule is Cn1ncc(-c2nc(N[C@H]3CC[C@H](NCc4ccc(OCc5scc6c5CN([C@H]5CCC(=O)NC5=O)C6=O)cc4)CC3)ncc2F)c1CC1CC1. The number of nitrogens with zero attached hydrogens (tertiary/aromatic N) is 5. The fourth-order valence-electron chi connectivity index (χ4n) is 7.39. The summed E-state index contributed by atoms with van der Waals surface area (Å²) in [6, 6.07) is 8.04. The molecule has 51 heavy (non-hydrogen) atoms. The van der Waals surface area contributed by atoms with Crippen LogP contribution >= 0.6 is 11.3 Å². The molecule has 4 aromatic rings. The summed E-state index contributed by atoms with van der Waals surface area (Å²) in [6.45, 7) is 1.43. The van der Waals surface area contributed by atoms with Crippen molar-refractivity contribution >= 4 is 35.0 Å². The first kappa shape index (κ1) is 33.5. The second-order valence-corrected chi connectivity index (χ2v) is 15.1. The van der Waals surface area contributed by atoms with Crippen molar-refractivity contribution in [2.24, 2.45) is 13.0 Å². The number of fused-ring (bicyclic) bond motifs is 1. The van der Waals surface area contributed by atoms with E-state index < -0.39 is 17.8 Å². The average molecular weight is 713 g/mol. The second-order valence-electron chi connectivity index (χ2n) is 14.1. The molecular formula is C37H41FN8O4S. The monoisotopic (exact) mass is 712 g/mol.